The third-order valence-electron chi connectivity index (χ3n) is 2.62. The molecule has 0 fully saturated rings. The molecule has 1 aromatic heterocycles. The molecular weight excluding hydrogens is 202 g/mol. The smallest absolute Gasteiger partial charge is 0.224 e. The fourth-order valence-corrected chi connectivity index (χ4v) is 1.58. The van der Waals surface area contributed by atoms with Crippen LogP contribution in [0.3, 0.4) is 0 Å². The summed E-state index contributed by atoms with van der Waals surface area (Å²) in [6.45, 7) is 4.92. The molecule has 0 radical (unpaired) electrons. The number of aryl methyl sites for hydroxylation is 1. The Morgan fingerprint density at radius 3 is 2.94 bits per heavy atom. The lowest BCUT2D eigenvalue weighted by Gasteiger charge is -2.15. The van der Waals surface area contributed by atoms with Gasteiger partial charge < -0.3 is 11.1 Å². The molecule has 0 spiro atoms. The van der Waals surface area contributed by atoms with Gasteiger partial charge in [0.25, 0.3) is 0 Å². The van der Waals surface area contributed by atoms with Crippen molar-refractivity contribution in [2.75, 3.05) is 13.1 Å². The van der Waals surface area contributed by atoms with E-state index in [-0.39, 0.29) is 11.8 Å². The van der Waals surface area contributed by atoms with E-state index in [4.69, 9.17) is 5.73 Å². The number of amides is 1. The quantitative estimate of drug-likeness (QED) is 0.767. The normalized spacial score (nSPS) is 12.2. The molecule has 1 heterocycles. The van der Waals surface area contributed by atoms with Crippen LogP contribution in [0.25, 0.3) is 0 Å². The van der Waals surface area contributed by atoms with E-state index in [0.29, 0.717) is 19.5 Å². The first-order chi connectivity index (χ1) is 7.69. The molecule has 0 saturated carbocycles. The van der Waals surface area contributed by atoms with Crippen LogP contribution in [0.1, 0.15) is 18.1 Å². The maximum absolute atomic E-state index is 11.7. The number of nitrogens with one attached hydrogen (secondary N) is 1. The van der Waals surface area contributed by atoms with Crippen molar-refractivity contribution in [1.82, 2.24) is 10.3 Å². The fourth-order valence-electron chi connectivity index (χ4n) is 1.58. The first kappa shape index (κ1) is 12.6. The fraction of sp³-hybridized carbons (Fsp3) is 0.500. The minimum atomic E-state index is -0.164. The molecule has 88 valence electrons. The van der Waals surface area contributed by atoms with Gasteiger partial charge in [-0.15, -0.1) is 0 Å². The van der Waals surface area contributed by atoms with E-state index in [1.54, 1.807) is 12.4 Å². The second-order valence-electron chi connectivity index (χ2n) is 3.83. The van der Waals surface area contributed by atoms with E-state index in [0.717, 1.165) is 11.1 Å². The zero-order chi connectivity index (χ0) is 12.0. The van der Waals surface area contributed by atoms with Gasteiger partial charge in [-0.3, -0.25) is 9.78 Å². The number of nitrogens with two attached hydrogens (primary N) is 1. The van der Waals surface area contributed by atoms with Crippen LogP contribution in [-0.2, 0) is 11.2 Å². The molecule has 0 aliphatic carbocycles. The predicted molar refractivity (Wildman–Crippen MR) is 63.9 cm³/mol. The van der Waals surface area contributed by atoms with E-state index in [2.05, 4.69) is 10.3 Å². The Morgan fingerprint density at radius 2 is 2.38 bits per heavy atom. The molecule has 4 nitrogen and oxygen atoms in total. The van der Waals surface area contributed by atoms with Crippen molar-refractivity contribution >= 4 is 5.91 Å². The third kappa shape index (κ3) is 3.31. The maximum Gasteiger partial charge on any atom is 0.224 e. The lowest BCUT2D eigenvalue weighted by molar-refractivity contribution is -0.124. The molecule has 16 heavy (non-hydrogen) atoms. The average Bonchev–Trinajstić information content (AvgIpc) is 2.28. The van der Waals surface area contributed by atoms with Gasteiger partial charge in [-0.25, -0.2) is 0 Å². The average molecular weight is 221 g/mol. The van der Waals surface area contributed by atoms with Crippen molar-refractivity contribution in [1.29, 1.82) is 0 Å². The zero-order valence-corrected chi connectivity index (χ0v) is 9.86. The van der Waals surface area contributed by atoms with Crippen LogP contribution in [0.5, 0.6) is 0 Å². The van der Waals surface area contributed by atoms with Gasteiger partial charge in [0.2, 0.25) is 5.91 Å². The minimum Gasteiger partial charge on any atom is -0.356 e. The van der Waals surface area contributed by atoms with Crippen molar-refractivity contribution in [2.45, 2.75) is 20.3 Å². The zero-order valence-electron chi connectivity index (χ0n) is 9.86. The molecule has 0 aliphatic rings. The van der Waals surface area contributed by atoms with Crippen LogP contribution >= 0.6 is 0 Å². The molecule has 1 aromatic rings. The highest BCUT2D eigenvalue weighted by Crippen LogP contribution is 2.11. The van der Waals surface area contributed by atoms with Gasteiger partial charge in [0.05, 0.1) is 5.92 Å². The topological polar surface area (TPSA) is 68.0 Å². The van der Waals surface area contributed by atoms with Gasteiger partial charge in [0.15, 0.2) is 0 Å². The highest BCUT2D eigenvalue weighted by Gasteiger charge is 2.17. The van der Waals surface area contributed by atoms with Crippen molar-refractivity contribution in [3.8, 4) is 0 Å². The number of hydrogen-bond acceptors (Lipinski definition) is 3. The second kappa shape index (κ2) is 6.23. The first-order valence-corrected chi connectivity index (χ1v) is 5.56. The number of rotatable bonds is 5. The Morgan fingerprint density at radius 1 is 1.62 bits per heavy atom. The molecule has 4 heteroatoms. The first-order valence-electron chi connectivity index (χ1n) is 5.56. The van der Waals surface area contributed by atoms with Crippen molar-refractivity contribution in [3.63, 3.8) is 0 Å². The van der Waals surface area contributed by atoms with Gasteiger partial charge in [-0.1, -0.05) is 0 Å². The molecule has 1 unspecified atom stereocenters. The summed E-state index contributed by atoms with van der Waals surface area (Å²) < 4.78 is 0. The number of pyridine rings is 1. The summed E-state index contributed by atoms with van der Waals surface area (Å²) in [5.74, 6) is -0.142. The summed E-state index contributed by atoms with van der Waals surface area (Å²) >= 11 is 0. The van der Waals surface area contributed by atoms with E-state index in [1.807, 2.05) is 19.9 Å². The van der Waals surface area contributed by atoms with Crippen molar-refractivity contribution < 1.29 is 4.79 Å². The second-order valence-corrected chi connectivity index (χ2v) is 3.83. The summed E-state index contributed by atoms with van der Waals surface area (Å²) in [6.07, 6.45) is 4.21. The molecule has 0 saturated heterocycles. The monoisotopic (exact) mass is 221 g/mol. The summed E-state index contributed by atoms with van der Waals surface area (Å²) in [7, 11) is 0. The molecule has 0 aromatic carbocycles. The van der Waals surface area contributed by atoms with Gasteiger partial charge in [0.1, 0.15) is 0 Å². The van der Waals surface area contributed by atoms with E-state index < -0.39 is 0 Å². The number of hydrogen-bond donors (Lipinski definition) is 2. The minimum absolute atomic E-state index is 0.0215. The summed E-state index contributed by atoms with van der Waals surface area (Å²) in [6, 6.07) is 1.95. The summed E-state index contributed by atoms with van der Waals surface area (Å²) in [5, 5.41) is 2.80. The van der Waals surface area contributed by atoms with Crippen molar-refractivity contribution in [2.24, 2.45) is 11.7 Å². The Labute approximate surface area is 96.3 Å². The molecule has 0 aliphatic heterocycles. The molecular formula is C12H19N3O. The number of nitrogens with zero attached hydrogens (tertiary/aromatic N) is 1. The SMILES string of the molecule is CCNC(=O)C(CN)Cc1cnccc1C. The van der Waals surface area contributed by atoms with Crippen LogP contribution < -0.4 is 11.1 Å². The van der Waals surface area contributed by atoms with Crippen LogP contribution in [0, 0.1) is 12.8 Å². The number of carbonyl (C=O) groups excluding carboxylic acids is 1. The van der Waals surface area contributed by atoms with Gasteiger partial charge in [-0.2, -0.15) is 0 Å². The van der Waals surface area contributed by atoms with Crippen LogP contribution in [0.4, 0.5) is 0 Å². The van der Waals surface area contributed by atoms with Crippen LogP contribution in [0.15, 0.2) is 18.5 Å². The predicted octanol–water partition coefficient (Wildman–Crippen LogP) is 0.644. The summed E-state index contributed by atoms with van der Waals surface area (Å²) in [5.41, 5.74) is 7.86. The molecule has 3 N–H and O–H groups in total. The maximum atomic E-state index is 11.7. The number of carbonyl (C=O) groups is 1. The van der Waals surface area contributed by atoms with Gasteiger partial charge in [-0.05, 0) is 37.5 Å². The van der Waals surface area contributed by atoms with Crippen molar-refractivity contribution in [3.05, 3.63) is 29.6 Å². The van der Waals surface area contributed by atoms with E-state index in [9.17, 15) is 4.79 Å². The Hall–Kier alpha value is -1.42. The lowest BCUT2D eigenvalue weighted by Crippen LogP contribution is -2.36. The Kier molecular flexibility index (Phi) is 4.92. The van der Waals surface area contributed by atoms with Gasteiger partial charge >= 0.3 is 0 Å². The van der Waals surface area contributed by atoms with Gasteiger partial charge in [0, 0.05) is 25.5 Å². The number of aromatic nitrogens is 1. The lowest BCUT2D eigenvalue weighted by atomic mass is 9.97. The molecule has 1 rings (SSSR count). The highest BCUT2D eigenvalue weighted by atomic mass is 16.1. The van der Waals surface area contributed by atoms with E-state index >= 15 is 0 Å². The molecule has 1 atom stereocenters. The Balaban J connectivity index is 2.70. The highest BCUT2D eigenvalue weighted by molar-refractivity contribution is 5.79. The third-order valence-corrected chi connectivity index (χ3v) is 2.62. The Bertz CT molecular complexity index is 352. The van der Waals surface area contributed by atoms with E-state index in [1.165, 1.54) is 0 Å². The van der Waals surface area contributed by atoms with Crippen LogP contribution in [0.2, 0.25) is 0 Å². The molecule has 1 amide bonds. The molecule has 0 bridgehead atoms. The standard InChI is InChI=1S/C12H19N3O/c1-3-15-12(16)10(7-13)6-11-8-14-5-4-9(11)2/h4-5,8,10H,3,6-7,13H2,1-2H3,(H,15,16). The largest absolute Gasteiger partial charge is 0.356 e. The summed E-state index contributed by atoms with van der Waals surface area (Å²) in [4.78, 5) is 15.7. The van der Waals surface area contributed by atoms with Crippen LogP contribution in [-0.4, -0.2) is 24.0 Å².